The molecule has 0 bridgehead atoms. The van der Waals surface area contributed by atoms with Gasteiger partial charge in [-0.2, -0.15) is 0 Å². The predicted molar refractivity (Wildman–Crippen MR) is 81.3 cm³/mol. The molecule has 1 atom stereocenters. The van der Waals surface area contributed by atoms with Gasteiger partial charge in [0.15, 0.2) is 0 Å². The number of carbonyl (C=O) groups excluding carboxylic acids is 3. The van der Waals surface area contributed by atoms with Crippen molar-refractivity contribution in [2.45, 2.75) is 26.3 Å². The molecule has 4 N–H and O–H groups in total. The molecular formula is C15H21N3O4. The SMILES string of the molecule is CC(C)C[C@H](NC(=O)CNC(=O)C=Cc1ccco1)C(N)=O. The van der Waals surface area contributed by atoms with Crippen LogP contribution in [0.1, 0.15) is 26.0 Å². The van der Waals surface area contributed by atoms with Crippen LogP contribution in [0.15, 0.2) is 28.9 Å². The first-order chi connectivity index (χ1) is 10.4. The van der Waals surface area contributed by atoms with Gasteiger partial charge in [-0.1, -0.05) is 13.8 Å². The first-order valence-electron chi connectivity index (χ1n) is 6.96. The maximum Gasteiger partial charge on any atom is 0.244 e. The molecule has 0 fully saturated rings. The monoisotopic (exact) mass is 307 g/mol. The molecule has 120 valence electrons. The Labute approximate surface area is 128 Å². The van der Waals surface area contributed by atoms with Gasteiger partial charge in [0.1, 0.15) is 11.8 Å². The maximum absolute atomic E-state index is 11.7. The second-order valence-electron chi connectivity index (χ2n) is 5.22. The molecular weight excluding hydrogens is 286 g/mol. The van der Waals surface area contributed by atoms with Crippen LogP contribution in [0.4, 0.5) is 0 Å². The van der Waals surface area contributed by atoms with Gasteiger partial charge in [0.25, 0.3) is 0 Å². The van der Waals surface area contributed by atoms with E-state index in [1.807, 2.05) is 13.8 Å². The molecule has 0 aromatic carbocycles. The number of nitrogens with one attached hydrogen (secondary N) is 2. The van der Waals surface area contributed by atoms with Crippen LogP contribution in [-0.2, 0) is 14.4 Å². The van der Waals surface area contributed by atoms with Crippen LogP contribution in [-0.4, -0.2) is 30.3 Å². The van der Waals surface area contributed by atoms with Crippen LogP contribution in [0, 0.1) is 5.92 Å². The van der Waals surface area contributed by atoms with Gasteiger partial charge in [0, 0.05) is 6.08 Å². The lowest BCUT2D eigenvalue weighted by Gasteiger charge is -2.17. The Balaban J connectivity index is 2.38. The Hall–Kier alpha value is -2.57. The van der Waals surface area contributed by atoms with Gasteiger partial charge in [-0.15, -0.1) is 0 Å². The Morgan fingerprint density at radius 2 is 2.09 bits per heavy atom. The topological polar surface area (TPSA) is 114 Å². The van der Waals surface area contributed by atoms with E-state index in [9.17, 15) is 14.4 Å². The average molecular weight is 307 g/mol. The summed E-state index contributed by atoms with van der Waals surface area (Å²) in [5.74, 6) is -0.754. The van der Waals surface area contributed by atoms with Crippen molar-refractivity contribution in [3.63, 3.8) is 0 Å². The fraction of sp³-hybridized carbons (Fsp3) is 0.400. The van der Waals surface area contributed by atoms with Gasteiger partial charge < -0.3 is 20.8 Å². The fourth-order valence-corrected chi connectivity index (χ4v) is 1.73. The highest BCUT2D eigenvalue weighted by Gasteiger charge is 2.19. The molecule has 22 heavy (non-hydrogen) atoms. The Morgan fingerprint density at radius 3 is 2.64 bits per heavy atom. The lowest BCUT2D eigenvalue weighted by atomic mass is 10.0. The predicted octanol–water partition coefficient (Wildman–Crippen LogP) is 0.425. The number of hydrogen-bond donors (Lipinski definition) is 3. The van der Waals surface area contributed by atoms with Gasteiger partial charge in [-0.3, -0.25) is 14.4 Å². The van der Waals surface area contributed by atoms with E-state index in [4.69, 9.17) is 10.2 Å². The molecule has 0 aliphatic carbocycles. The van der Waals surface area contributed by atoms with Crippen molar-refractivity contribution in [2.75, 3.05) is 6.54 Å². The van der Waals surface area contributed by atoms with Crippen LogP contribution < -0.4 is 16.4 Å². The van der Waals surface area contributed by atoms with Crippen molar-refractivity contribution in [1.29, 1.82) is 0 Å². The standard InChI is InChI=1S/C15H21N3O4/c1-10(2)8-12(15(16)21)18-14(20)9-17-13(19)6-5-11-4-3-7-22-11/h3-7,10,12H,8-9H2,1-2H3,(H2,16,21)(H,17,19)(H,18,20)/t12-/m0/s1. The molecule has 0 unspecified atom stereocenters. The van der Waals surface area contributed by atoms with Gasteiger partial charge in [-0.25, -0.2) is 0 Å². The average Bonchev–Trinajstić information content (AvgIpc) is 2.94. The zero-order valence-electron chi connectivity index (χ0n) is 12.7. The summed E-state index contributed by atoms with van der Waals surface area (Å²) in [7, 11) is 0. The summed E-state index contributed by atoms with van der Waals surface area (Å²) >= 11 is 0. The number of amides is 3. The second-order valence-corrected chi connectivity index (χ2v) is 5.22. The minimum atomic E-state index is -0.733. The summed E-state index contributed by atoms with van der Waals surface area (Å²) in [6.45, 7) is 3.61. The zero-order valence-corrected chi connectivity index (χ0v) is 12.7. The number of carbonyl (C=O) groups is 3. The quantitative estimate of drug-likeness (QED) is 0.604. The summed E-state index contributed by atoms with van der Waals surface area (Å²) in [5, 5.41) is 4.91. The van der Waals surface area contributed by atoms with E-state index in [2.05, 4.69) is 10.6 Å². The van der Waals surface area contributed by atoms with Crippen molar-refractivity contribution in [2.24, 2.45) is 11.7 Å². The molecule has 1 heterocycles. The molecule has 1 aromatic heterocycles. The number of furan rings is 1. The summed E-state index contributed by atoms with van der Waals surface area (Å²) < 4.78 is 5.03. The number of hydrogen-bond acceptors (Lipinski definition) is 4. The smallest absolute Gasteiger partial charge is 0.244 e. The minimum Gasteiger partial charge on any atom is -0.465 e. The largest absolute Gasteiger partial charge is 0.465 e. The third-order valence-corrected chi connectivity index (χ3v) is 2.75. The van der Waals surface area contributed by atoms with Crippen LogP contribution in [0.5, 0.6) is 0 Å². The van der Waals surface area contributed by atoms with Gasteiger partial charge in [0.05, 0.1) is 12.8 Å². The molecule has 3 amide bonds. The Kier molecular flexibility index (Phi) is 6.88. The fourth-order valence-electron chi connectivity index (χ4n) is 1.73. The number of rotatable bonds is 8. The second kappa shape index (κ2) is 8.66. The summed E-state index contributed by atoms with van der Waals surface area (Å²) in [5.41, 5.74) is 5.23. The molecule has 0 saturated carbocycles. The van der Waals surface area contributed by atoms with E-state index in [0.29, 0.717) is 12.2 Å². The van der Waals surface area contributed by atoms with E-state index in [1.165, 1.54) is 18.4 Å². The van der Waals surface area contributed by atoms with Gasteiger partial charge >= 0.3 is 0 Å². The molecule has 0 aliphatic heterocycles. The third kappa shape index (κ3) is 6.74. The molecule has 0 radical (unpaired) electrons. The summed E-state index contributed by atoms with van der Waals surface area (Å²) in [4.78, 5) is 34.5. The van der Waals surface area contributed by atoms with E-state index in [0.717, 1.165) is 0 Å². The first kappa shape index (κ1) is 17.5. The van der Waals surface area contributed by atoms with E-state index >= 15 is 0 Å². The molecule has 1 rings (SSSR count). The highest BCUT2D eigenvalue weighted by Crippen LogP contribution is 2.04. The van der Waals surface area contributed by atoms with Crippen molar-refractivity contribution in [3.8, 4) is 0 Å². The van der Waals surface area contributed by atoms with Crippen LogP contribution in [0.2, 0.25) is 0 Å². The maximum atomic E-state index is 11.7. The Morgan fingerprint density at radius 1 is 1.36 bits per heavy atom. The lowest BCUT2D eigenvalue weighted by Crippen LogP contribution is -2.48. The van der Waals surface area contributed by atoms with E-state index < -0.39 is 23.8 Å². The Bertz CT molecular complexity index is 535. The van der Waals surface area contributed by atoms with E-state index in [-0.39, 0.29) is 12.5 Å². The minimum absolute atomic E-state index is 0.212. The summed E-state index contributed by atoms with van der Waals surface area (Å²) in [6.07, 6.45) is 4.68. The van der Waals surface area contributed by atoms with Crippen LogP contribution in [0.3, 0.4) is 0 Å². The molecule has 0 spiro atoms. The third-order valence-electron chi connectivity index (χ3n) is 2.75. The van der Waals surface area contributed by atoms with Crippen molar-refractivity contribution in [3.05, 3.63) is 30.2 Å². The van der Waals surface area contributed by atoms with Crippen LogP contribution >= 0.6 is 0 Å². The first-order valence-corrected chi connectivity index (χ1v) is 6.96. The lowest BCUT2D eigenvalue weighted by molar-refractivity contribution is -0.128. The van der Waals surface area contributed by atoms with Gasteiger partial charge in [-0.05, 0) is 30.5 Å². The molecule has 7 nitrogen and oxygen atoms in total. The number of primary amides is 1. The van der Waals surface area contributed by atoms with E-state index in [1.54, 1.807) is 12.1 Å². The molecule has 0 aliphatic rings. The van der Waals surface area contributed by atoms with Gasteiger partial charge in [0.2, 0.25) is 17.7 Å². The normalized spacial score (nSPS) is 12.3. The highest BCUT2D eigenvalue weighted by molar-refractivity contribution is 5.94. The highest BCUT2D eigenvalue weighted by atomic mass is 16.3. The van der Waals surface area contributed by atoms with Crippen molar-refractivity contribution < 1.29 is 18.8 Å². The molecule has 0 saturated heterocycles. The molecule has 7 heteroatoms. The zero-order chi connectivity index (χ0) is 16.5. The summed E-state index contributed by atoms with van der Waals surface area (Å²) in [6, 6.07) is 2.66. The number of nitrogens with two attached hydrogens (primary N) is 1. The van der Waals surface area contributed by atoms with Crippen LogP contribution in [0.25, 0.3) is 6.08 Å². The van der Waals surface area contributed by atoms with Crippen molar-refractivity contribution >= 4 is 23.8 Å². The molecule has 1 aromatic rings. The van der Waals surface area contributed by atoms with Crippen molar-refractivity contribution in [1.82, 2.24) is 10.6 Å².